The molecule has 0 atom stereocenters. The molecule has 0 radical (unpaired) electrons. The number of alkyl halides is 3. The van der Waals surface area contributed by atoms with Gasteiger partial charge in [-0.1, -0.05) is 29.8 Å². The number of fused-ring (bicyclic) bond motifs is 1. The number of thiazole rings is 1. The van der Waals surface area contributed by atoms with Crippen molar-refractivity contribution in [3.63, 3.8) is 0 Å². The molecule has 4 aromatic rings. The Morgan fingerprint density at radius 2 is 1.81 bits per heavy atom. The van der Waals surface area contributed by atoms with Crippen LogP contribution >= 0.6 is 11.3 Å². The van der Waals surface area contributed by atoms with E-state index < -0.39 is 17.6 Å². The van der Waals surface area contributed by atoms with Gasteiger partial charge in [0.2, 0.25) is 0 Å². The summed E-state index contributed by atoms with van der Waals surface area (Å²) in [6.45, 7) is 5.24. The lowest BCUT2D eigenvalue weighted by Gasteiger charge is -2.33. The number of anilines is 1. The lowest BCUT2D eigenvalue weighted by Crippen LogP contribution is -2.44. The molecule has 1 aliphatic rings. The average molecular weight is 525 g/mol. The summed E-state index contributed by atoms with van der Waals surface area (Å²) >= 11 is 1.51. The number of amides is 1. The Morgan fingerprint density at radius 3 is 2.57 bits per heavy atom. The first-order chi connectivity index (χ1) is 17.7. The molecule has 1 amide bonds. The van der Waals surface area contributed by atoms with E-state index in [0.717, 1.165) is 59.2 Å². The normalized spacial score (nSPS) is 15.3. The maximum absolute atomic E-state index is 14.0. The van der Waals surface area contributed by atoms with Gasteiger partial charge in [-0.2, -0.15) is 13.2 Å². The van der Waals surface area contributed by atoms with Gasteiger partial charge in [-0.3, -0.25) is 9.69 Å². The Morgan fingerprint density at radius 1 is 1.03 bits per heavy atom. The summed E-state index contributed by atoms with van der Waals surface area (Å²) < 4.78 is 43.0. The van der Waals surface area contributed by atoms with Crippen LogP contribution in [0.2, 0.25) is 0 Å². The van der Waals surface area contributed by atoms with Gasteiger partial charge in [0.1, 0.15) is 0 Å². The molecule has 2 heterocycles. The number of carbonyl (C=O) groups excluding carboxylic acids is 1. The van der Waals surface area contributed by atoms with Gasteiger partial charge < -0.3 is 10.2 Å². The fourth-order valence-corrected chi connectivity index (χ4v) is 5.34. The first kappa shape index (κ1) is 25.4. The van der Waals surface area contributed by atoms with Crippen LogP contribution in [0.5, 0.6) is 0 Å². The number of nitrogens with zero attached hydrogens (tertiary/aromatic N) is 3. The number of aromatic nitrogens is 1. The first-order valence-electron chi connectivity index (χ1n) is 12.0. The summed E-state index contributed by atoms with van der Waals surface area (Å²) in [6, 6.07) is 15.3. The Hall–Kier alpha value is -3.27. The summed E-state index contributed by atoms with van der Waals surface area (Å²) in [7, 11) is 2.01. The minimum atomic E-state index is -4.53. The lowest BCUT2D eigenvalue weighted by molar-refractivity contribution is -0.138. The number of benzene rings is 3. The van der Waals surface area contributed by atoms with E-state index in [0.29, 0.717) is 5.56 Å². The molecule has 1 aromatic heterocycles. The average Bonchev–Trinajstić information content (AvgIpc) is 3.33. The molecule has 0 aliphatic carbocycles. The van der Waals surface area contributed by atoms with Crippen molar-refractivity contribution in [1.29, 1.82) is 0 Å². The topological polar surface area (TPSA) is 48.5 Å². The summed E-state index contributed by atoms with van der Waals surface area (Å²) in [6.07, 6.45) is -4.53. The predicted molar refractivity (Wildman–Crippen MR) is 142 cm³/mol. The molecule has 192 valence electrons. The number of likely N-dealkylation sites (N-methyl/N-ethyl adjacent to an activating group) is 1. The number of piperazine rings is 1. The fraction of sp³-hybridized carbons (Fsp3) is 0.286. The van der Waals surface area contributed by atoms with Gasteiger partial charge in [0, 0.05) is 44.0 Å². The zero-order valence-corrected chi connectivity index (χ0v) is 21.4. The second kappa shape index (κ2) is 10.2. The Kier molecular flexibility index (Phi) is 7.02. The zero-order valence-electron chi connectivity index (χ0n) is 20.6. The SMILES string of the molecule is Cc1ccc(C(=O)Nc2ccc(CN3CCN(C)CC3)c(C(F)(F)F)c2)c(-c2ccc3ncsc3c2)c1. The summed E-state index contributed by atoms with van der Waals surface area (Å²) in [5, 5.41) is 2.70. The van der Waals surface area contributed by atoms with Gasteiger partial charge in [-0.25, -0.2) is 4.98 Å². The Labute approximate surface area is 217 Å². The van der Waals surface area contributed by atoms with E-state index >= 15 is 0 Å². The summed E-state index contributed by atoms with van der Waals surface area (Å²) in [5.74, 6) is -0.459. The smallest absolute Gasteiger partial charge is 0.322 e. The van der Waals surface area contributed by atoms with Crippen LogP contribution in [0.1, 0.15) is 27.0 Å². The first-order valence-corrected chi connectivity index (χ1v) is 12.9. The van der Waals surface area contributed by atoms with Gasteiger partial charge in [-0.05, 0) is 61.0 Å². The Balaban J connectivity index is 1.42. The molecule has 1 N–H and O–H groups in total. The highest BCUT2D eigenvalue weighted by atomic mass is 32.1. The lowest BCUT2D eigenvalue weighted by atomic mass is 9.96. The largest absolute Gasteiger partial charge is 0.416 e. The van der Waals surface area contributed by atoms with Gasteiger partial charge in [0.15, 0.2) is 0 Å². The monoisotopic (exact) mass is 524 g/mol. The maximum atomic E-state index is 14.0. The third kappa shape index (κ3) is 5.69. The van der Waals surface area contributed by atoms with Crippen LogP contribution in [0.4, 0.5) is 18.9 Å². The molecular formula is C28H27F3N4OS. The van der Waals surface area contributed by atoms with Crippen molar-refractivity contribution in [2.75, 3.05) is 38.5 Å². The minimum absolute atomic E-state index is 0.115. The van der Waals surface area contributed by atoms with Crippen LogP contribution in [-0.2, 0) is 12.7 Å². The second-order valence-electron chi connectivity index (χ2n) is 9.49. The van der Waals surface area contributed by atoms with Crippen LogP contribution in [0.3, 0.4) is 0 Å². The van der Waals surface area contributed by atoms with Crippen LogP contribution in [0.25, 0.3) is 21.3 Å². The number of rotatable bonds is 5. The van der Waals surface area contributed by atoms with Gasteiger partial charge in [-0.15, -0.1) is 11.3 Å². The Bertz CT molecular complexity index is 1440. The standard InChI is InChI=1S/C28H27F3N4OS/c1-18-3-7-22(23(13-18)19-5-8-25-26(14-19)37-17-32-25)27(36)33-21-6-4-20(24(15-21)28(29,30)31)16-35-11-9-34(2)10-12-35/h3-8,13-15,17H,9-12,16H2,1-2H3,(H,33,36). The van der Waals surface area contributed by atoms with Gasteiger partial charge in [0.25, 0.3) is 5.91 Å². The van der Waals surface area contributed by atoms with E-state index in [1.165, 1.54) is 17.4 Å². The number of hydrogen-bond acceptors (Lipinski definition) is 5. The molecule has 5 rings (SSSR count). The molecule has 3 aromatic carbocycles. The van der Waals surface area contributed by atoms with Crippen molar-refractivity contribution in [2.24, 2.45) is 0 Å². The third-order valence-electron chi connectivity index (χ3n) is 6.72. The minimum Gasteiger partial charge on any atom is -0.322 e. The maximum Gasteiger partial charge on any atom is 0.416 e. The molecule has 0 unspecified atom stereocenters. The van der Waals surface area contributed by atoms with Crippen molar-refractivity contribution in [2.45, 2.75) is 19.6 Å². The molecule has 1 aliphatic heterocycles. The fourth-order valence-electron chi connectivity index (χ4n) is 4.62. The number of hydrogen-bond donors (Lipinski definition) is 1. The van der Waals surface area contributed by atoms with E-state index in [2.05, 4.69) is 15.2 Å². The van der Waals surface area contributed by atoms with Gasteiger partial charge >= 0.3 is 6.18 Å². The van der Waals surface area contributed by atoms with Crippen LogP contribution in [0.15, 0.2) is 60.1 Å². The quantitative estimate of drug-likeness (QED) is 0.333. The van der Waals surface area contributed by atoms with Crippen molar-refractivity contribution in [3.8, 4) is 11.1 Å². The van der Waals surface area contributed by atoms with Crippen LogP contribution in [0, 0.1) is 6.92 Å². The van der Waals surface area contributed by atoms with Crippen molar-refractivity contribution in [3.05, 3.63) is 82.4 Å². The highest BCUT2D eigenvalue weighted by Gasteiger charge is 2.34. The summed E-state index contributed by atoms with van der Waals surface area (Å²) in [4.78, 5) is 21.8. The highest BCUT2D eigenvalue weighted by molar-refractivity contribution is 7.16. The molecule has 1 fully saturated rings. The molecule has 5 nitrogen and oxygen atoms in total. The van der Waals surface area contributed by atoms with Gasteiger partial charge in [0.05, 0.1) is 21.3 Å². The number of carbonyl (C=O) groups is 1. The molecule has 1 saturated heterocycles. The van der Waals surface area contributed by atoms with Crippen LogP contribution in [-0.4, -0.2) is 53.9 Å². The number of aryl methyl sites for hydroxylation is 1. The zero-order chi connectivity index (χ0) is 26.2. The molecule has 0 spiro atoms. The van der Waals surface area contributed by atoms with E-state index in [1.807, 2.05) is 49.2 Å². The summed E-state index contributed by atoms with van der Waals surface area (Å²) in [5.41, 5.74) is 5.19. The second-order valence-corrected chi connectivity index (χ2v) is 10.4. The number of nitrogens with one attached hydrogen (secondary N) is 1. The molecular weight excluding hydrogens is 497 g/mol. The third-order valence-corrected chi connectivity index (χ3v) is 7.52. The predicted octanol–water partition coefficient (Wildman–Crippen LogP) is 6.29. The molecule has 0 bridgehead atoms. The highest BCUT2D eigenvalue weighted by Crippen LogP contribution is 2.35. The van der Waals surface area contributed by atoms with E-state index in [9.17, 15) is 18.0 Å². The molecule has 37 heavy (non-hydrogen) atoms. The molecule has 9 heteroatoms. The van der Waals surface area contributed by atoms with Crippen LogP contribution < -0.4 is 5.32 Å². The van der Waals surface area contributed by atoms with E-state index in [4.69, 9.17) is 0 Å². The van der Waals surface area contributed by atoms with Crippen molar-refractivity contribution in [1.82, 2.24) is 14.8 Å². The van der Waals surface area contributed by atoms with Crippen molar-refractivity contribution >= 4 is 33.1 Å². The van der Waals surface area contributed by atoms with E-state index in [-0.39, 0.29) is 17.8 Å². The number of halogens is 3. The van der Waals surface area contributed by atoms with Crippen molar-refractivity contribution < 1.29 is 18.0 Å². The molecule has 0 saturated carbocycles. The van der Waals surface area contributed by atoms with E-state index in [1.54, 1.807) is 17.6 Å².